The van der Waals surface area contributed by atoms with Crippen LogP contribution in [0.4, 0.5) is 0 Å². The number of nitrogens with one attached hydrogen (secondary N) is 1. The lowest BCUT2D eigenvalue weighted by molar-refractivity contribution is 0.0993. The van der Waals surface area contributed by atoms with Gasteiger partial charge in [-0.3, -0.25) is 10.5 Å². The molecule has 6 heteroatoms. The van der Waals surface area contributed by atoms with Gasteiger partial charge in [-0.15, -0.1) is 0 Å². The monoisotopic (exact) mass is 520 g/mol. The smallest absolute Gasteiger partial charge is 0.270 e. The van der Waals surface area contributed by atoms with Crippen molar-refractivity contribution in [2.24, 2.45) is 0 Å². The highest BCUT2D eigenvalue weighted by Gasteiger charge is 2.60. The van der Waals surface area contributed by atoms with Crippen LogP contribution in [0.25, 0.3) is 17.2 Å². The summed E-state index contributed by atoms with van der Waals surface area (Å²) in [5, 5.41) is 2.56. The van der Waals surface area contributed by atoms with Gasteiger partial charge in [0, 0.05) is 12.7 Å². The van der Waals surface area contributed by atoms with E-state index in [1.807, 2.05) is 0 Å². The molecular formula is C29H42NO2Si3. The normalized spacial score (nSPS) is 19.2. The maximum atomic E-state index is 13.0. The van der Waals surface area contributed by atoms with Crippen LogP contribution in [-0.4, -0.2) is 35.3 Å². The molecule has 1 amide bonds. The molecule has 2 aromatic rings. The fourth-order valence-corrected chi connectivity index (χ4v) is 38.5. The number of allylic oxidation sites excluding steroid dienone is 1. The van der Waals surface area contributed by atoms with Crippen molar-refractivity contribution in [3.8, 4) is 16.9 Å². The third-order valence-corrected chi connectivity index (χ3v) is 51.0. The van der Waals surface area contributed by atoms with E-state index in [1.54, 1.807) is 7.11 Å². The molecule has 3 nitrogen and oxygen atoms in total. The molecule has 0 saturated carbocycles. The summed E-state index contributed by atoms with van der Waals surface area (Å²) in [6.45, 7) is 24.1. The van der Waals surface area contributed by atoms with Crippen molar-refractivity contribution in [1.82, 2.24) is 5.73 Å². The Kier molecular flexibility index (Phi) is 6.02. The van der Waals surface area contributed by atoms with Crippen molar-refractivity contribution in [3.05, 3.63) is 46.0 Å². The molecule has 0 spiro atoms. The Bertz CT molecular complexity index is 1280. The summed E-state index contributed by atoms with van der Waals surface area (Å²) in [4.78, 5) is 13.0. The quantitative estimate of drug-likeness (QED) is 0.455. The number of rotatable bonds is 4. The second-order valence-corrected chi connectivity index (χ2v) is 40.4. The van der Waals surface area contributed by atoms with Crippen LogP contribution in [0.3, 0.4) is 0 Å². The molecule has 0 fully saturated rings. The molecule has 1 N–H and O–H groups in total. The SMILES string of the molecule is CCC1=Cc2cc(C(C)(C)C)cc(-c3c(C([NH])=O)cc4c(OC)c3[Si](C)(C)[Si](C)(C)[Si]4(C)C)c2C1. The van der Waals surface area contributed by atoms with Gasteiger partial charge < -0.3 is 4.74 Å². The lowest BCUT2D eigenvalue weighted by Crippen LogP contribution is -2.82. The van der Waals surface area contributed by atoms with Crippen molar-refractivity contribution < 1.29 is 9.53 Å². The van der Waals surface area contributed by atoms with Crippen LogP contribution >= 0.6 is 0 Å². The first-order valence-electron chi connectivity index (χ1n) is 12.9. The topological polar surface area (TPSA) is 50.1 Å². The maximum Gasteiger partial charge on any atom is 0.270 e. The van der Waals surface area contributed by atoms with Crippen LogP contribution in [0.1, 0.15) is 61.2 Å². The zero-order valence-electron chi connectivity index (χ0n) is 23.5. The average Bonchev–Trinajstić information content (AvgIpc) is 3.18. The summed E-state index contributed by atoms with van der Waals surface area (Å²) in [5.41, 5.74) is 16.4. The van der Waals surface area contributed by atoms with Gasteiger partial charge in [0.1, 0.15) is 5.75 Å². The minimum atomic E-state index is -2.01. The van der Waals surface area contributed by atoms with Crippen LogP contribution in [0.5, 0.6) is 5.75 Å². The Morgan fingerprint density at radius 2 is 1.66 bits per heavy atom. The number of fused-ring (bicyclic) bond motifs is 3. The number of benzene rings is 2. The summed E-state index contributed by atoms with van der Waals surface area (Å²) < 4.78 is 6.25. The van der Waals surface area contributed by atoms with E-state index in [1.165, 1.54) is 32.6 Å². The van der Waals surface area contributed by atoms with E-state index in [0.717, 1.165) is 29.7 Å². The second-order valence-electron chi connectivity index (χ2n) is 13.1. The molecule has 0 unspecified atom stereocenters. The van der Waals surface area contributed by atoms with Crippen LogP contribution < -0.4 is 20.8 Å². The van der Waals surface area contributed by atoms with E-state index < -0.39 is 28.2 Å². The molecule has 0 atom stereocenters. The molecular weight excluding hydrogens is 479 g/mol. The predicted molar refractivity (Wildman–Crippen MR) is 158 cm³/mol. The van der Waals surface area contributed by atoms with Gasteiger partial charge in [-0.1, -0.05) is 90.8 Å². The van der Waals surface area contributed by atoms with Gasteiger partial charge >= 0.3 is 0 Å². The van der Waals surface area contributed by atoms with Gasteiger partial charge in [0.2, 0.25) is 0 Å². The van der Waals surface area contributed by atoms with Gasteiger partial charge in [-0.05, 0) is 62.5 Å². The third kappa shape index (κ3) is 3.58. The van der Waals surface area contributed by atoms with Crippen molar-refractivity contribution in [1.29, 1.82) is 0 Å². The third-order valence-electron chi connectivity index (χ3n) is 9.79. The van der Waals surface area contributed by atoms with Crippen LogP contribution in [0, 0.1) is 0 Å². The Balaban J connectivity index is 2.22. The van der Waals surface area contributed by atoms with E-state index in [2.05, 4.69) is 91.3 Å². The number of hydrogen-bond donors (Lipinski definition) is 0. The van der Waals surface area contributed by atoms with Gasteiger partial charge in [0.15, 0.2) is 0 Å². The fourth-order valence-electron chi connectivity index (χ4n) is 6.23. The number of hydrogen-bond acceptors (Lipinski definition) is 2. The zero-order chi connectivity index (χ0) is 26.3. The van der Waals surface area contributed by atoms with Gasteiger partial charge in [0.05, 0.1) is 22.3 Å². The zero-order valence-corrected chi connectivity index (χ0v) is 26.5. The number of carbonyl (C=O) groups is 1. The minimum absolute atomic E-state index is 0.0190. The Morgan fingerprint density at radius 3 is 2.17 bits per heavy atom. The Labute approximate surface area is 214 Å². The lowest BCUT2D eigenvalue weighted by Gasteiger charge is -2.54. The maximum absolute atomic E-state index is 13.0. The first kappa shape index (κ1) is 26.2. The van der Waals surface area contributed by atoms with E-state index in [0.29, 0.717) is 5.56 Å². The van der Waals surface area contributed by atoms with E-state index in [-0.39, 0.29) is 5.41 Å². The Hall–Kier alpha value is -1.90. The van der Waals surface area contributed by atoms with Crippen molar-refractivity contribution >= 4 is 44.6 Å². The lowest BCUT2D eigenvalue weighted by atomic mass is 9.81. The summed E-state index contributed by atoms with van der Waals surface area (Å²) in [7, 11) is -3.74. The molecule has 1 radical (unpaired) electrons. The minimum Gasteiger partial charge on any atom is -0.497 e. The summed E-state index contributed by atoms with van der Waals surface area (Å²) in [6.07, 6.45) is 4.30. The summed E-state index contributed by atoms with van der Waals surface area (Å²) in [6, 6.07) is 6.76. The van der Waals surface area contributed by atoms with Gasteiger partial charge in [-0.2, -0.15) is 0 Å². The molecule has 0 saturated heterocycles. The molecule has 4 rings (SSSR count). The van der Waals surface area contributed by atoms with E-state index >= 15 is 0 Å². The molecule has 2 aliphatic rings. The van der Waals surface area contributed by atoms with Gasteiger partial charge in [0.25, 0.3) is 5.91 Å². The summed E-state index contributed by atoms with van der Waals surface area (Å²) in [5.74, 6) is 0.458. The average molecular weight is 521 g/mol. The van der Waals surface area contributed by atoms with E-state index in [4.69, 9.17) is 10.5 Å². The molecule has 0 aromatic heterocycles. The highest BCUT2D eigenvalue weighted by atomic mass is 29.6. The standard InChI is InChI=1S/C29H42NO2Si3/c1-12-18-13-19-15-20(29(2,3)4)16-22(21(19)14-18)25-23(28(30)31)17-24-26(32-5)27(25)34(8,9)35(10,11)33(24,6)7/h13,15-17,30H,12,14H2,1-11H3. The van der Waals surface area contributed by atoms with Gasteiger partial charge in [-0.25, -0.2) is 0 Å². The highest BCUT2D eigenvalue weighted by molar-refractivity contribution is 7.74. The molecule has 35 heavy (non-hydrogen) atoms. The molecule has 2 bridgehead atoms. The number of carbonyl (C=O) groups excluding carboxylic acids is 1. The molecule has 1 aliphatic carbocycles. The number of methoxy groups -OCH3 is 1. The largest absolute Gasteiger partial charge is 0.497 e. The van der Waals surface area contributed by atoms with E-state index in [9.17, 15) is 4.79 Å². The fraction of sp³-hybridized carbons (Fsp3) is 0.483. The van der Waals surface area contributed by atoms with Crippen LogP contribution in [0.2, 0.25) is 39.3 Å². The number of ether oxygens (including phenoxy) is 1. The highest BCUT2D eigenvalue weighted by Crippen LogP contribution is 2.45. The first-order valence-corrected chi connectivity index (χ1v) is 23.9. The first-order chi connectivity index (χ1) is 16.0. The van der Waals surface area contributed by atoms with Crippen LogP contribution in [-0.2, 0) is 11.8 Å². The van der Waals surface area contributed by atoms with Crippen LogP contribution in [0.15, 0.2) is 23.8 Å². The number of amides is 1. The molecule has 2 aromatic carbocycles. The Morgan fingerprint density at radius 1 is 1.03 bits per heavy atom. The predicted octanol–water partition coefficient (Wildman–Crippen LogP) is 6.14. The molecule has 1 heterocycles. The summed E-state index contributed by atoms with van der Waals surface area (Å²) >= 11 is 0. The van der Waals surface area contributed by atoms with Crippen molar-refractivity contribution in [3.63, 3.8) is 0 Å². The van der Waals surface area contributed by atoms with Crippen molar-refractivity contribution in [2.45, 2.75) is 85.2 Å². The molecule has 187 valence electrons. The van der Waals surface area contributed by atoms with Crippen molar-refractivity contribution in [2.75, 3.05) is 7.11 Å². The molecule has 1 aliphatic heterocycles. The second kappa shape index (κ2) is 8.05.